The summed E-state index contributed by atoms with van der Waals surface area (Å²) >= 11 is 7.16. The molecule has 23 heavy (non-hydrogen) atoms. The molecule has 3 nitrogen and oxygen atoms in total. The number of hydrogen-bond acceptors (Lipinski definition) is 6. The molecular weight excluding hydrogens is 387 g/mol. The first-order valence-corrected chi connectivity index (χ1v) is 12.0. The highest BCUT2D eigenvalue weighted by atomic mass is 32.2. The fourth-order valence-electron chi connectivity index (χ4n) is 2.25. The van der Waals surface area contributed by atoms with Gasteiger partial charge in [0.15, 0.2) is 0 Å². The maximum Gasteiger partial charge on any atom is 0.267 e. The van der Waals surface area contributed by atoms with Gasteiger partial charge in [-0.1, -0.05) is 41.2 Å². The van der Waals surface area contributed by atoms with Gasteiger partial charge >= 0.3 is 0 Å². The van der Waals surface area contributed by atoms with E-state index in [4.69, 9.17) is 0 Å². The quantitative estimate of drug-likeness (QED) is 0.720. The average molecular weight is 400 g/mol. The maximum atomic E-state index is 12.7. The smallest absolute Gasteiger partial charge is 0.247 e. The minimum Gasteiger partial charge on any atom is -0.247 e. The topological polar surface area (TPSA) is 39.1 Å². The maximum absolute atomic E-state index is 12.7. The molecule has 1 aromatic carbocycles. The largest absolute Gasteiger partial charge is 0.267 e. The SMILES string of the molecule is Cc1ccc(S(=O)(=O)n2cc3c(c2)SC(=C2SCCS2)S3)cc1. The summed E-state index contributed by atoms with van der Waals surface area (Å²) in [6.45, 7) is 1.95. The molecule has 0 atom stereocenters. The zero-order valence-electron chi connectivity index (χ0n) is 12.2. The Hall–Kier alpha value is -0.410. The van der Waals surface area contributed by atoms with Crippen molar-refractivity contribution in [3.8, 4) is 0 Å². The Morgan fingerprint density at radius 3 is 2.04 bits per heavy atom. The molecule has 0 N–H and O–H groups in total. The second-order valence-corrected chi connectivity index (χ2v) is 11.8. The van der Waals surface area contributed by atoms with Crippen LogP contribution in [0.3, 0.4) is 0 Å². The van der Waals surface area contributed by atoms with Gasteiger partial charge in [-0.25, -0.2) is 12.4 Å². The summed E-state index contributed by atoms with van der Waals surface area (Å²) in [6.07, 6.45) is 3.47. The third-order valence-electron chi connectivity index (χ3n) is 3.45. The fraction of sp³-hybridized carbons (Fsp3) is 0.200. The zero-order chi connectivity index (χ0) is 16.0. The van der Waals surface area contributed by atoms with E-state index in [1.807, 2.05) is 42.6 Å². The van der Waals surface area contributed by atoms with Crippen molar-refractivity contribution in [3.05, 3.63) is 50.7 Å². The minimum atomic E-state index is -3.51. The van der Waals surface area contributed by atoms with Crippen LogP contribution in [0.5, 0.6) is 0 Å². The van der Waals surface area contributed by atoms with Crippen LogP contribution in [0.4, 0.5) is 0 Å². The first-order valence-electron chi connectivity index (χ1n) is 6.94. The number of aromatic nitrogens is 1. The van der Waals surface area contributed by atoms with Crippen LogP contribution in [-0.4, -0.2) is 23.9 Å². The van der Waals surface area contributed by atoms with Crippen LogP contribution in [0, 0.1) is 6.92 Å². The Morgan fingerprint density at radius 1 is 0.913 bits per heavy atom. The van der Waals surface area contributed by atoms with Crippen LogP contribution in [0.2, 0.25) is 0 Å². The van der Waals surface area contributed by atoms with Crippen molar-refractivity contribution in [1.29, 1.82) is 0 Å². The van der Waals surface area contributed by atoms with Crippen LogP contribution < -0.4 is 0 Å². The number of hydrogen-bond donors (Lipinski definition) is 0. The molecular formula is C15H13NO2S5. The van der Waals surface area contributed by atoms with E-state index >= 15 is 0 Å². The Balaban J connectivity index is 1.65. The molecule has 2 aliphatic rings. The van der Waals surface area contributed by atoms with Crippen molar-refractivity contribution in [2.75, 3.05) is 11.5 Å². The summed E-state index contributed by atoms with van der Waals surface area (Å²) in [6, 6.07) is 6.97. The van der Waals surface area contributed by atoms with Gasteiger partial charge in [0, 0.05) is 33.7 Å². The molecule has 0 saturated carbocycles. The Kier molecular flexibility index (Phi) is 4.30. The van der Waals surface area contributed by atoms with Crippen molar-refractivity contribution >= 4 is 57.1 Å². The molecule has 0 unspecified atom stereocenters. The van der Waals surface area contributed by atoms with Gasteiger partial charge in [0.25, 0.3) is 10.0 Å². The zero-order valence-corrected chi connectivity index (χ0v) is 16.3. The lowest BCUT2D eigenvalue weighted by atomic mass is 10.2. The van der Waals surface area contributed by atoms with Gasteiger partial charge in [0.05, 0.1) is 13.4 Å². The van der Waals surface area contributed by atoms with Crippen LogP contribution in [0.25, 0.3) is 0 Å². The standard InChI is InChI=1S/C15H13NO2S5/c1-10-2-4-11(5-3-10)23(17,18)16-8-12-13(9-16)22-15(21-12)14-19-6-7-20-14/h2-5,8-9H,6-7H2,1H3. The molecule has 120 valence electrons. The molecule has 0 radical (unpaired) electrons. The Morgan fingerprint density at radius 2 is 1.48 bits per heavy atom. The molecule has 3 heterocycles. The second kappa shape index (κ2) is 6.15. The van der Waals surface area contributed by atoms with Crippen LogP contribution in [0.15, 0.2) is 59.8 Å². The summed E-state index contributed by atoms with van der Waals surface area (Å²) in [5.74, 6) is 2.33. The van der Waals surface area contributed by atoms with Crippen molar-refractivity contribution in [2.24, 2.45) is 0 Å². The predicted molar refractivity (Wildman–Crippen MR) is 102 cm³/mol. The molecule has 1 fully saturated rings. The number of fused-ring (bicyclic) bond motifs is 1. The number of rotatable bonds is 2. The molecule has 2 aliphatic heterocycles. The first kappa shape index (κ1) is 16.1. The highest BCUT2D eigenvalue weighted by Crippen LogP contribution is 2.57. The molecule has 8 heteroatoms. The van der Waals surface area contributed by atoms with E-state index in [1.54, 1.807) is 48.1 Å². The van der Waals surface area contributed by atoms with Gasteiger partial charge in [0.1, 0.15) is 0 Å². The van der Waals surface area contributed by atoms with Crippen LogP contribution >= 0.6 is 47.0 Å². The average Bonchev–Trinajstić information content (AvgIpc) is 3.22. The molecule has 1 saturated heterocycles. The lowest BCUT2D eigenvalue weighted by Gasteiger charge is -2.06. The molecule has 4 rings (SSSR count). The van der Waals surface area contributed by atoms with Gasteiger partial charge in [0.2, 0.25) is 0 Å². The van der Waals surface area contributed by atoms with Gasteiger partial charge in [-0.2, -0.15) is 0 Å². The fourth-order valence-corrected chi connectivity index (χ4v) is 9.07. The highest BCUT2D eigenvalue weighted by Gasteiger charge is 2.28. The summed E-state index contributed by atoms with van der Waals surface area (Å²) in [5, 5.41) is 0. The number of nitrogens with zero attached hydrogens (tertiary/aromatic N) is 1. The van der Waals surface area contributed by atoms with E-state index in [1.165, 1.54) is 12.4 Å². The van der Waals surface area contributed by atoms with Crippen LogP contribution in [-0.2, 0) is 10.0 Å². The van der Waals surface area contributed by atoms with Crippen LogP contribution in [0.1, 0.15) is 5.56 Å². The second-order valence-electron chi connectivity index (χ2n) is 5.11. The van der Waals surface area contributed by atoms with E-state index in [2.05, 4.69) is 0 Å². The van der Waals surface area contributed by atoms with Gasteiger partial charge in [-0.15, -0.1) is 23.5 Å². The molecule has 2 aromatic rings. The van der Waals surface area contributed by atoms with E-state index < -0.39 is 10.0 Å². The lowest BCUT2D eigenvalue weighted by Crippen LogP contribution is -2.10. The molecule has 0 spiro atoms. The summed E-state index contributed by atoms with van der Waals surface area (Å²) in [4.78, 5) is 2.38. The molecule has 0 amide bonds. The molecule has 0 aliphatic carbocycles. The van der Waals surface area contributed by atoms with Crippen molar-refractivity contribution < 1.29 is 8.42 Å². The third-order valence-corrected chi connectivity index (χ3v) is 10.8. The van der Waals surface area contributed by atoms with E-state index in [-0.39, 0.29) is 0 Å². The summed E-state index contributed by atoms with van der Waals surface area (Å²) in [5.41, 5.74) is 1.05. The highest BCUT2D eigenvalue weighted by molar-refractivity contribution is 8.30. The Bertz CT molecular complexity index is 863. The minimum absolute atomic E-state index is 0.326. The number of benzene rings is 1. The van der Waals surface area contributed by atoms with Crippen molar-refractivity contribution in [3.63, 3.8) is 0 Å². The van der Waals surface area contributed by atoms with Crippen molar-refractivity contribution in [2.45, 2.75) is 21.6 Å². The van der Waals surface area contributed by atoms with E-state index in [0.717, 1.165) is 26.9 Å². The van der Waals surface area contributed by atoms with Crippen molar-refractivity contribution in [1.82, 2.24) is 3.97 Å². The molecule has 0 bridgehead atoms. The summed E-state index contributed by atoms with van der Waals surface area (Å²) in [7, 11) is -3.51. The first-order chi connectivity index (χ1) is 11.0. The van der Waals surface area contributed by atoms with E-state index in [9.17, 15) is 8.42 Å². The number of thioether (sulfide) groups is 4. The monoisotopic (exact) mass is 399 g/mol. The molecule has 1 aromatic heterocycles. The van der Waals surface area contributed by atoms with Gasteiger partial charge in [-0.05, 0) is 19.1 Å². The number of aryl methyl sites for hydroxylation is 1. The van der Waals surface area contributed by atoms with Gasteiger partial charge in [-0.3, -0.25) is 0 Å². The lowest BCUT2D eigenvalue weighted by molar-refractivity contribution is 0.587. The third kappa shape index (κ3) is 3.00. The Labute approximate surface area is 152 Å². The van der Waals surface area contributed by atoms with E-state index in [0.29, 0.717) is 4.90 Å². The normalized spacial score (nSPS) is 17.8. The summed E-state index contributed by atoms with van der Waals surface area (Å²) < 4.78 is 29.4. The predicted octanol–water partition coefficient (Wildman–Crippen LogP) is 4.84. The van der Waals surface area contributed by atoms with Gasteiger partial charge < -0.3 is 0 Å².